The Morgan fingerprint density at radius 1 is 1.31 bits per heavy atom. The van der Waals surface area contributed by atoms with Crippen LogP contribution < -0.4 is 15.5 Å². The molecule has 0 bridgehead atoms. The third-order valence-corrected chi connectivity index (χ3v) is 4.24. The molecular weight excluding hydrogens is 330 g/mol. The number of aromatic nitrogens is 2. The van der Waals surface area contributed by atoms with Crippen molar-refractivity contribution in [2.24, 2.45) is 0 Å². The van der Waals surface area contributed by atoms with Gasteiger partial charge in [0.2, 0.25) is 11.9 Å². The maximum Gasteiger partial charge on any atom is 0.247 e. The number of ether oxygens (including phenoxy) is 1. The second-order valence-electron chi connectivity index (χ2n) is 6.11. The summed E-state index contributed by atoms with van der Waals surface area (Å²) in [4.78, 5) is 22.7. The smallest absolute Gasteiger partial charge is 0.247 e. The SMILES string of the molecule is C=CC(=O)Nc1ccc(C)c(Nc2ncc(N3CCOCC3)c(C)n2)c1. The molecule has 2 aromatic rings. The Morgan fingerprint density at radius 2 is 2.08 bits per heavy atom. The lowest BCUT2D eigenvalue weighted by atomic mass is 10.2. The molecule has 1 fully saturated rings. The van der Waals surface area contributed by atoms with Crippen molar-refractivity contribution in [3.8, 4) is 0 Å². The second kappa shape index (κ2) is 7.97. The molecule has 2 N–H and O–H groups in total. The summed E-state index contributed by atoms with van der Waals surface area (Å²) in [6.07, 6.45) is 3.08. The summed E-state index contributed by atoms with van der Waals surface area (Å²) >= 11 is 0. The van der Waals surface area contributed by atoms with Gasteiger partial charge in [0.1, 0.15) is 0 Å². The van der Waals surface area contributed by atoms with E-state index in [4.69, 9.17) is 4.74 Å². The van der Waals surface area contributed by atoms with Gasteiger partial charge in [0.15, 0.2) is 0 Å². The fraction of sp³-hybridized carbons (Fsp3) is 0.316. The predicted molar refractivity (Wildman–Crippen MR) is 103 cm³/mol. The topological polar surface area (TPSA) is 79.4 Å². The minimum absolute atomic E-state index is 0.248. The van der Waals surface area contributed by atoms with Crippen molar-refractivity contribution in [1.29, 1.82) is 0 Å². The summed E-state index contributed by atoms with van der Waals surface area (Å²) in [7, 11) is 0. The molecule has 0 atom stereocenters. The molecule has 1 aliphatic rings. The first-order chi connectivity index (χ1) is 12.6. The van der Waals surface area contributed by atoms with Crippen LogP contribution in [0, 0.1) is 13.8 Å². The highest BCUT2D eigenvalue weighted by Crippen LogP contribution is 2.25. The molecule has 1 saturated heterocycles. The Balaban J connectivity index is 1.78. The van der Waals surface area contributed by atoms with Gasteiger partial charge in [-0.3, -0.25) is 4.79 Å². The number of carbonyl (C=O) groups is 1. The molecule has 0 spiro atoms. The molecule has 1 aliphatic heterocycles. The molecule has 1 aromatic heterocycles. The normalized spacial score (nSPS) is 14.0. The number of carbonyl (C=O) groups excluding carboxylic acids is 1. The molecule has 1 amide bonds. The van der Waals surface area contributed by atoms with Crippen molar-refractivity contribution >= 4 is 28.9 Å². The van der Waals surface area contributed by atoms with Crippen LogP contribution in [0.25, 0.3) is 0 Å². The summed E-state index contributed by atoms with van der Waals surface area (Å²) in [6.45, 7) is 10.6. The minimum Gasteiger partial charge on any atom is -0.378 e. The van der Waals surface area contributed by atoms with Crippen LogP contribution in [0.15, 0.2) is 37.1 Å². The minimum atomic E-state index is -0.248. The maximum atomic E-state index is 11.5. The van der Waals surface area contributed by atoms with Crippen LogP contribution in [0.5, 0.6) is 0 Å². The highest BCUT2D eigenvalue weighted by atomic mass is 16.5. The number of morpholine rings is 1. The summed E-state index contributed by atoms with van der Waals surface area (Å²) in [6, 6.07) is 5.62. The van der Waals surface area contributed by atoms with Crippen molar-refractivity contribution in [2.75, 3.05) is 41.8 Å². The van der Waals surface area contributed by atoms with Crippen LogP contribution in [0.4, 0.5) is 23.0 Å². The van der Waals surface area contributed by atoms with Gasteiger partial charge >= 0.3 is 0 Å². The average molecular weight is 353 g/mol. The third kappa shape index (κ3) is 4.18. The van der Waals surface area contributed by atoms with Crippen LogP contribution in [0.2, 0.25) is 0 Å². The molecule has 136 valence electrons. The molecule has 7 nitrogen and oxygen atoms in total. The Bertz CT molecular complexity index is 816. The van der Waals surface area contributed by atoms with E-state index in [2.05, 4.69) is 32.1 Å². The van der Waals surface area contributed by atoms with Gasteiger partial charge in [-0.25, -0.2) is 9.97 Å². The largest absolute Gasteiger partial charge is 0.378 e. The Kier molecular flexibility index (Phi) is 5.48. The fourth-order valence-electron chi connectivity index (χ4n) is 2.78. The van der Waals surface area contributed by atoms with Crippen molar-refractivity contribution in [3.05, 3.63) is 48.3 Å². The molecule has 1 aromatic carbocycles. The first kappa shape index (κ1) is 17.9. The van der Waals surface area contributed by atoms with E-state index in [0.717, 1.165) is 48.9 Å². The van der Waals surface area contributed by atoms with Gasteiger partial charge in [-0.15, -0.1) is 0 Å². The highest BCUT2D eigenvalue weighted by Gasteiger charge is 2.15. The van der Waals surface area contributed by atoms with E-state index in [1.54, 1.807) is 0 Å². The molecule has 7 heteroatoms. The first-order valence-electron chi connectivity index (χ1n) is 8.54. The van der Waals surface area contributed by atoms with Crippen LogP contribution in [-0.2, 0) is 9.53 Å². The summed E-state index contributed by atoms with van der Waals surface area (Å²) in [5.41, 5.74) is 4.50. The number of aryl methyl sites for hydroxylation is 2. The van der Waals surface area contributed by atoms with Gasteiger partial charge in [0.25, 0.3) is 0 Å². The molecular formula is C19H23N5O2. The van der Waals surface area contributed by atoms with E-state index in [0.29, 0.717) is 11.6 Å². The van der Waals surface area contributed by atoms with Crippen molar-refractivity contribution in [2.45, 2.75) is 13.8 Å². The Morgan fingerprint density at radius 3 is 2.77 bits per heavy atom. The van der Waals surface area contributed by atoms with Crippen molar-refractivity contribution in [1.82, 2.24) is 9.97 Å². The number of anilines is 4. The number of hydrogen-bond donors (Lipinski definition) is 2. The Hall–Kier alpha value is -2.93. The first-order valence-corrected chi connectivity index (χ1v) is 8.54. The van der Waals surface area contributed by atoms with Crippen molar-refractivity contribution in [3.63, 3.8) is 0 Å². The molecule has 2 heterocycles. The molecule has 0 aliphatic carbocycles. The van der Waals surface area contributed by atoms with Crippen molar-refractivity contribution < 1.29 is 9.53 Å². The number of nitrogens with one attached hydrogen (secondary N) is 2. The van der Waals surface area contributed by atoms with E-state index >= 15 is 0 Å². The predicted octanol–water partition coefficient (Wildman–Crippen LogP) is 2.80. The number of benzene rings is 1. The standard InChI is InChI=1S/C19H23N5O2/c1-4-18(25)22-15-6-5-13(2)16(11-15)23-19-20-12-17(14(3)21-19)24-7-9-26-10-8-24/h4-6,11-12H,1,7-10H2,2-3H3,(H,22,25)(H,20,21,23). The second-order valence-corrected chi connectivity index (χ2v) is 6.11. The Labute approximate surface area is 153 Å². The molecule has 0 radical (unpaired) electrons. The van der Waals surface area contributed by atoms with E-state index in [1.165, 1.54) is 6.08 Å². The third-order valence-electron chi connectivity index (χ3n) is 4.24. The van der Waals surface area contributed by atoms with Crippen LogP contribution >= 0.6 is 0 Å². The summed E-state index contributed by atoms with van der Waals surface area (Å²) in [5, 5.41) is 5.98. The molecule has 26 heavy (non-hydrogen) atoms. The van der Waals surface area contributed by atoms with Crippen LogP contribution in [0.3, 0.4) is 0 Å². The summed E-state index contributed by atoms with van der Waals surface area (Å²) < 4.78 is 5.39. The van der Waals surface area contributed by atoms with E-state index in [1.807, 2.05) is 38.2 Å². The zero-order valence-electron chi connectivity index (χ0n) is 15.1. The van der Waals surface area contributed by atoms with E-state index in [9.17, 15) is 4.79 Å². The average Bonchev–Trinajstić information content (AvgIpc) is 2.65. The van der Waals surface area contributed by atoms with Gasteiger partial charge in [0.05, 0.1) is 30.8 Å². The number of hydrogen-bond acceptors (Lipinski definition) is 6. The monoisotopic (exact) mass is 353 g/mol. The number of nitrogens with zero attached hydrogens (tertiary/aromatic N) is 3. The number of rotatable bonds is 5. The lowest BCUT2D eigenvalue weighted by molar-refractivity contribution is -0.111. The lowest BCUT2D eigenvalue weighted by Gasteiger charge is -2.29. The van der Waals surface area contributed by atoms with Crippen LogP contribution in [0.1, 0.15) is 11.3 Å². The van der Waals surface area contributed by atoms with E-state index in [-0.39, 0.29) is 5.91 Å². The highest BCUT2D eigenvalue weighted by molar-refractivity contribution is 5.99. The van der Waals surface area contributed by atoms with Gasteiger partial charge in [0, 0.05) is 24.5 Å². The van der Waals surface area contributed by atoms with Gasteiger partial charge in [-0.2, -0.15) is 0 Å². The summed E-state index contributed by atoms with van der Waals surface area (Å²) in [5.74, 6) is 0.275. The molecule has 3 rings (SSSR count). The quantitative estimate of drug-likeness (QED) is 0.805. The van der Waals surface area contributed by atoms with Crippen LogP contribution in [-0.4, -0.2) is 42.2 Å². The fourth-order valence-corrected chi connectivity index (χ4v) is 2.78. The van der Waals surface area contributed by atoms with Gasteiger partial charge in [-0.1, -0.05) is 12.6 Å². The van der Waals surface area contributed by atoms with Gasteiger partial charge < -0.3 is 20.3 Å². The zero-order valence-corrected chi connectivity index (χ0v) is 15.1. The number of amides is 1. The zero-order chi connectivity index (χ0) is 18.5. The van der Waals surface area contributed by atoms with E-state index < -0.39 is 0 Å². The maximum absolute atomic E-state index is 11.5. The molecule has 0 saturated carbocycles. The van der Waals surface area contributed by atoms with Gasteiger partial charge in [-0.05, 0) is 37.6 Å². The lowest BCUT2D eigenvalue weighted by Crippen LogP contribution is -2.36. The molecule has 0 unspecified atom stereocenters.